The zero-order chi connectivity index (χ0) is 9.80. The zero-order valence-electron chi connectivity index (χ0n) is 8.78. The monoisotopic (exact) mass is 199 g/mol. The molecule has 0 aromatic rings. The second-order valence-corrected chi connectivity index (χ2v) is 4.41. The van der Waals surface area contributed by atoms with Crippen molar-refractivity contribution in [3.8, 4) is 0 Å². The first kappa shape index (κ1) is 10.4. The molecule has 3 heteroatoms. The predicted molar refractivity (Wildman–Crippen MR) is 55.2 cm³/mol. The molecule has 2 heterocycles. The molecule has 0 saturated carbocycles. The molecule has 2 aliphatic heterocycles. The molecule has 2 rings (SSSR count). The molecular weight excluding hydrogens is 178 g/mol. The van der Waals surface area contributed by atoms with E-state index in [1.54, 1.807) is 0 Å². The molecule has 0 radical (unpaired) electrons. The van der Waals surface area contributed by atoms with E-state index in [1.807, 2.05) is 0 Å². The van der Waals surface area contributed by atoms with E-state index in [1.165, 1.54) is 25.7 Å². The van der Waals surface area contributed by atoms with Gasteiger partial charge in [0.2, 0.25) is 0 Å². The molecule has 0 bridgehead atoms. The Hall–Kier alpha value is -0.120. The average molecular weight is 199 g/mol. The molecule has 0 aromatic heterocycles. The van der Waals surface area contributed by atoms with E-state index < -0.39 is 0 Å². The second-order valence-electron chi connectivity index (χ2n) is 4.41. The first-order chi connectivity index (χ1) is 6.88. The van der Waals surface area contributed by atoms with Crippen LogP contribution < -0.4 is 5.73 Å². The summed E-state index contributed by atoms with van der Waals surface area (Å²) in [6.45, 7) is 1.64. The van der Waals surface area contributed by atoms with Crippen LogP contribution in [0.15, 0.2) is 0 Å². The Balaban J connectivity index is 1.61. The van der Waals surface area contributed by atoms with E-state index in [-0.39, 0.29) is 0 Å². The van der Waals surface area contributed by atoms with Crippen molar-refractivity contribution in [2.75, 3.05) is 13.2 Å². The molecule has 2 aliphatic rings. The van der Waals surface area contributed by atoms with Crippen molar-refractivity contribution in [3.63, 3.8) is 0 Å². The van der Waals surface area contributed by atoms with Crippen molar-refractivity contribution in [1.29, 1.82) is 0 Å². The van der Waals surface area contributed by atoms with Gasteiger partial charge in [0, 0.05) is 13.2 Å². The molecule has 3 atom stereocenters. The fraction of sp³-hybridized carbons (Fsp3) is 1.00. The average Bonchev–Trinajstić information content (AvgIpc) is 2.86. The summed E-state index contributed by atoms with van der Waals surface area (Å²) in [5.74, 6) is 0. The molecule has 82 valence electrons. The standard InChI is InChI=1S/C11H21NO2/c12-8-11-6-5-10(14-11)4-3-9-2-1-7-13-9/h9-11H,1-8,12H2. The van der Waals surface area contributed by atoms with Crippen molar-refractivity contribution in [2.45, 2.75) is 56.8 Å². The molecular formula is C11H21NO2. The van der Waals surface area contributed by atoms with Gasteiger partial charge in [-0.05, 0) is 38.5 Å². The van der Waals surface area contributed by atoms with E-state index in [0.29, 0.717) is 24.9 Å². The Bertz CT molecular complexity index is 169. The van der Waals surface area contributed by atoms with Gasteiger partial charge >= 0.3 is 0 Å². The highest BCUT2D eigenvalue weighted by Gasteiger charge is 2.25. The van der Waals surface area contributed by atoms with Crippen molar-refractivity contribution < 1.29 is 9.47 Å². The molecule has 0 aromatic carbocycles. The molecule has 0 amide bonds. The predicted octanol–water partition coefficient (Wildman–Crippen LogP) is 1.45. The molecule has 2 N–H and O–H groups in total. The van der Waals surface area contributed by atoms with Gasteiger partial charge in [0.25, 0.3) is 0 Å². The fourth-order valence-electron chi connectivity index (χ4n) is 2.41. The minimum atomic E-state index is 0.324. The summed E-state index contributed by atoms with van der Waals surface area (Å²) >= 11 is 0. The van der Waals surface area contributed by atoms with Gasteiger partial charge in [0.05, 0.1) is 18.3 Å². The van der Waals surface area contributed by atoms with Gasteiger partial charge in [-0.2, -0.15) is 0 Å². The number of hydrogen-bond acceptors (Lipinski definition) is 3. The lowest BCUT2D eigenvalue weighted by Gasteiger charge is -2.14. The second kappa shape index (κ2) is 5.10. The van der Waals surface area contributed by atoms with Crippen molar-refractivity contribution in [1.82, 2.24) is 0 Å². The van der Waals surface area contributed by atoms with Crippen molar-refractivity contribution in [3.05, 3.63) is 0 Å². The SMILES string of the molecule is NCC1CCC(CCC2CCCO2)O1. The van der Waals surface area contributed by atoms with Gasteiger partial charge in [-0.25, -0.2) is 0 Å². The first-order valence-electron chi connectivity index (χ1n) is 5.85. The third-order valence-corrected chi connectivity index (χ3v) is 3.29. The Kier molecular flexibility index (Phi) is 3.79. The van der Waals surface area contributed by atoms with E-state index in [0.717, 1.165) is 19.4 Å². The maximum Gasteiger partial charge on any atom is 0.0702 e. The summed E-state index contributed by atoms with van der Waals surface area (Å²) < 4.78 is 11.4. The van der Waals surface area contributed by atoms with Crippen molar-refractivity contribution >= 4 is 0 Å². The Labute approximate surface area is 85.9 Å². The van der Waals surface area contributed by atoms with Crippen molar-refractivity contribution in [2.24, 2.45) is 5.73 Å². The van der Waals surface area contributed by atoms with Crippen LogP contribution in [0, 0.1) is 0 Å². The van der Waals surface area contributed by atoms with Gasteiger partial charge in [-0.1, -0.05) is 0 Å². The number of ether oxygens (including phenoxy) is 2. The zero-order valence-corrected chi connectivity index (χ0v) is 8.78. The summed E-state index contributed by atoms with van der Waals surface area (Å²) in [6, 6.07) is 0. The van der Waals surface area contributed by atoms with E-state index in [9.17, 15) is 0 Å². The fourth-order valence-corrected chi connectivity index (χ4v) is 2.41. The molecule has 0 aliphatic carbocycles. The third-order valence-electron chi connectivity index (χ3n) is 3.29. The number of hydrogen-bond donors (Lipinski definition) is 1. The Morgan fingerprint density at radius 1 is 1.00 bits per heavy atom. The largest absolute Gasteiger partial charge is 0.378 e. The molecule has 0 spiro atoms. The first-order valence-corrected chi connectivity index (χ1v) is 5.85. The highest BCUT2D eigenvalue weighted by molar-refractivity contribution is 4.76. The third kappa shape index (κ3) is 2.69. The summed E-state index contributed by atoms with van der Waals surface area (Å²) in [4.78, 5) is 0. The van der Waals surface area contributed by atoms with Crippen LogP contribution in [0.4, 0.5) is 0 Å². The lowest BCUT2D eigenvalue weighted by molar-refractivity contribution is 0.0301. The number of rotatable bonds is 4. The lowest BCUT2D eigenvalue weighted by atomic mass is 10.1. The minimum absolute atomic E-state index is 0.324. The Morgan fingerprint density at radius 3 is 2.43 bits per heavy atom. The molecule has 3 unspecified atom stereocenters. The normalized spacial score (nSPS) is 37.9. The van der Waals surface area contributed by atoms with Crippen LogP contribution in [-0.4, -0.2) is 31.5 Å². The summed E-state index contributed by atoms with van der Waals surface area (Å²) in [5, 5.41) is 0. The highest BCUT2D eigenvalue weighted by atomic mass is 16.5. The van der Waals surface area contributed by atoms with Crippen LogP contribution in [0.1, 0.15) is 38.5 Å². The lowest BCUT2D eigenvalue weighted by Crippen LogP contribution is -2.21. The van der Waals surface area contributed by atoms with Gasteiger partial charge in [-0.3, -0.25) is 0 Å². The summed E-state index contributed by atoms with van der Waals surface area (Å²) in [6.07, 6.45) is 8.42. The maximum absolute atomic E-state index is 5.79. The van der Waals surface area contributed by atoms with Crippen LogP contribution in [0.3, 0.4) is 0 Å². The van der Waals surface area contributed by atoms with Crippen LogP contribution in [0.25, 0.3) is 0 Å². The molecule has 3 nitrogen and oxygen atoms in total. The van der Waals surface area contributed by atoms with Gasteiger partial charge in [-0.15, -0.1) is 0 Å². The quantitative estimate of drug-likeness (QED) is 0.745. The van der Waals surface area contributed by atoms with Gasteiger partial charge in [0.1, 0.15) is 0 Å². The smallest absolute Gasteiger partial charge is 0.0702 e. The van der Waals surface area contributed by atoms with Crippen LogP contribution in [0.5, 0.6) is 0 Å². The van der Waals surface area contributed by atoms with Crippen LogP contribution in [-0.2, 0) is 9.47 Å². The van der Waals surface area contributed by atoms with E-state index in [2.05, 4.69) is 0 Å². The van der Waals surface area contributed by atoms with Gasteiger partial charge in [0.15, 0.2) is 0 Å². The highest BCUT2D eigenvalue weighted by Crippen LogP contribution is 2.25. The van der Waals surface area contributed by atoms with Crippen LogP contribution in [0.2, 0.25) is 0 Å². The van der Waals surface area contributed by atoms with Gasteiger partial charge < -0.3 is 15.2 Å². The summed E-state index contributed by atoms with van der Waals surface area (Å²) in [7, 11) is 0. The minimum Gasteiger partial charge on any atom is -0.378 e. The number of nitrogens with two attached hydrogens (primary N) is 1. The van der Waals surface area contributed by atoms with E-state index in [4.69, 9.17) is 15.2 Å². The maximum atomic E-state index is 5.79. The summed E-state index contributed by atoms with van der Waals surface area (Å²) in [5.41, 5.74) is 5.56. The topological polar surface area (TPSA) is 44.5 Å². The Morgan fingerprint density at radius 2 is 1.79 bits per heavy atom. The molecule has 2 saturated heterocycles. The van der Waals surface area contributed by atoms with Crippen LogP contribution >= 0.6 is 0 Å². The molecule has 2 fully saturated rings. The molecule has 14 heavy (non-hydrogen) atoms. The van der Waals surface area contributed by atoms with E-state index >= 15 is 0 Å².